The third kappa shape index (κ3) is 2.74. The van der Waals surface area contributed by atoms with E-state index in [0.717, 1.165) is 6.42 Å². The van der Waals surface area contributed by atoms with Crippen LogP contribution in [0.2, 0.25) is 0 Å². The Labute approximate surface area is 99.1 Å². The smallest absolute Gasteiger partial charge is 0.226 e. The predicted molar refractivity (Wildman–Crippen MR) is 59.4 cm³/mol. The van der Waals surface area contributed by atoms with Gasteiger partial charge in [-0.3, -0.25) is 0 Å². The van der Waals surface area contributed by atoms with Crippen molar-refractivity contribution in [3.8, 4) is 0 Å². The third-order valence-electron chi connectivity index (χ3n) is 2.61. The molecule has 0 bridgehead atoms. The Kier molecular flexibility index (Phi) is 3.49. The fraction of sp³-hybridized carbons (Fsp3) is 0.778. The van der Waals surface area contributed by atoms with E-state index in [-0.39, 0.29) is 17.4 Å². The van der Waals surface area contributed by atoms with Gasteiger partial charge in [0.1, 0.15) is 0 Å². The van der Waals surface area contributed by atoms with E-state index in [9.17, 15) is 8.42 Å². The van der Waals surface area contributed by atoms with Crippen LogP contribution in [-0.2, 0) is 16.3 Å². The summed E-state index contributed by atoms with van der Waals surface area (Å²) in [7, 11) is -2.89. The van der Waals surface area contributed by atoms with Gasteiger partial charge in [-0.1, -0.05) is 5.16 Å². The number of hydrogen-bond donors (Lipinski definition) is 0. The lowest BCUT2D eigenvalue weighted by Crippen LogP contribution is -2.05. The van der Waals surface area contributed by atoms with Crippen molar-refractivity contribution in [3.05, 3.63) is 11.7 Å². The highest BCUT2D eigenvalue weighted by Gasteiger charge is 2.32. The van der Waals surface area contributed by atoms with Gasteiger partial charge in [0.05, 0.1) is 11.5 Å². The number of hydrogen-bond acceptors (Lipinski definition) is 5. The lowest BCUT2D eigenvalue weighted by atomic mass is 10.1. The maximum atomic E-state index is 11.3. The summed E-state index contributed by atoms with van der Waals surface area (Å²) < 4.78 is 27.6. The third-order valence-corrected chi connectivity index (χ3v) is 4.64. The first kappa shape index (κ1) is 11.9. The van der Waals surface area contributed by atoms with Crippen LogP contribution in [0.25, 0.3) is 0 Å². The minimum Gasteiger partial charge on any atom is -0.339 e. The van der Waals surface area contributed by atoms with E-state index in [4.69, 9.17) is 16.1 Å². The van der Waals surface area contributed by atoms with E-state index in [0.29, 0.717) is 30.4 Å². The molecule has 0 aliphatic carbocycles. The fourth-order valence-electron chi connectivity index (χ4n) is 1.75. The van der Waals surface area contributed by atoms with Crippen LogP contribution in [0.5, 0.6) is 0 Å². The Hall–Kier alpha value is -0.620. The Bertz CT molecular complexity index is 457. The number of alkyl halides is 1. The summed E-state index contributed by atoms with van der Waals surface area (Å²) >= 11 is 5.55. The van der Waals surface area contributed by atoms with Crippen LogP contribution in [0, 0.1) is 0 Å². The highest BCUT2D eigenvalue weighted by molar-refractivity contribution is 7.91. The zero-order valence-corrected chi connectivity index (χ0v) is 10.3. The molecule has 0 aromatic carbocycles. The number of rotatable bonds is 4. The zero-order valence-electron chi connectivity index (χ0n) is 8.73. The van der Waals surface area contributed by atoms with Crippen molar-refractivity contribution in [2.75, 3.05) is 17.4 Å². The van der Waals surface area contributed by atoms with E-state index in [2.05, 4.69) is 10.1 Å². The summed E-state index contributed by atoms with van der Waals surface area (Å²) in [6, 6.07) is 0. The summed E-state index contributed by atoms with van der Waals surface area (Å²) in [6.45, 7) is 0. The van der Waals surface area contributed by atoms with E-state index < -0.39 is 9.84 Å². The van der Waals surface area contributed by atoms with Gasteiger partial charge in [0.15, 0.2) is 15.7 Å². The molecule has 1 atom stereocenters. The van der Waals surface area contributed by atoms with Gasteiger partial charge in [0.2, 0.25) is 5.89 Å². The average Bonchev–Trinajstić information content (AvgIpc) is 2.81. The van der Waals surface area contributed by atoms with Crippen LogP contribution in [0.15, 0.2) is 4.52 Å². The molecule has 90 valence electrons. The lowest BCUT2D eigenvalue weighted by molar-refractivity contribution is 0.370. The van der Waals surface area contributed by atoms with Crippen LogP contribution in [0.1, 0.15) is 30.5 Å². The summed E-state index contributed by atoms with van der Waals surface area (Å²) in [5, 5.41) is 3.82. The Morgan fingerprint density at radius 1 is 1.50 bits per heavy atom. The molecule has 1 saturated heterocycles. The molecule has 0 amide bonds. The van der Waals surface area contributed by atoms with Gasteiger partial charge in [-0.25, -0.2) is 8.42 Å². The first-order valence-corrected chi connectivity index (χ1v) is 7.55. The highest BCUT2D eigenvalue weighted by atomic mass is 35.5. The van der Waals surface area contributed by atoms with Crippen molar-refractivity contribution >= 4 is 21.4 Å². The minimum atomic E-state index is -2.89. The second-order valence-corrected chi connectivity index (χ2v) is 6.55. The molecule has 1 unspecified atom stereocenters. The maximum Gasteiger partial charge on any atom is 0.226 e. The van der Waals surface area contributed by atoms with Crippen molar-refractivity contribution in [1.82, 2.24) is 10.1 Å². The highest BCUT2D eigenvalue weighted by Crippen LogP contribution is 2.26. The van der Waals surface area contributed by atoms with Gasteiger partial charge < -0.3 is 4.52 Å². The van der Waals surface area contributed by atoms with Crippen molar-refractivity contribution in [1.29, 1.82) is 0 Å². The van der Waals surface area contributed by atoms with Crippen LogP contribution in [0.3, 0.4) is 0 Å². The van der Waals surface area contributed by atoms with E-state index in [1.807, 2.05) is 0 Å². The fourth-order valence-corrected chi connectivity index (χ4v) is 3.62. The predicted octanol–water partition coefficient (Wildman–Crippen LogP) is 1.14. The van der Waals surface area contributed by atoms with Crippen molar-refractivity contribution in [3.63, 3.8) is 0 Å². The topological polar surface area (TPSA) is 73.1 Å². The van der Waals surface area contributed by atoms with Crippen molar-refractivity contribution < 1.29 is 12.9 Å². The van der Waals surface area contributed by atoms with Crippen LogP contribution in [-0.4, -0.2) is 35.9 Å². The second-order valence-electron chi connectivity index (χ2n) is 3.94. The molecule has 1 aromatic rings. The first-order chi connectivity index (χ1) is 7.61. The zero-order chi connectivity index (χ0) is 11.6. The second kappa shape index (κ2) is 4.71. The summed E-state index contributed by atoms with van der Waals surface area (Å²) in [4.78, 5) is 4.19. The van der Waals surface area contributed by atoms with Gasteiger partial charge in [0.25, 0.3) is 0 Å². The lowest BCUT2D eigenvalue weighted by Gasteiger charge is -1.97. The van der Waals surface area contributed by atoms with Gasteiger partial charge in [-0.2, -0.15) is 4.98 Å². The molecule has 5 nitrogen and oxygen atoms in total. The molecular weight excluding hydrogens is 252 g/mol. The molecule has 0 N–H and O–H groups in total. The Balaban J connectivity index is 2.02. The quantitative estimate of drug-likeness (QED) is 0.763. The molecule has 1 aliphatic heterocycles. The van der Waals surface area contributed by atoms with E-state index in [1.165, 1.54) is 0 Å². The van der Waals surface area contributed by atoms with Gasteiger partial charge in [0, 0.05) is 18.2 Å². The number of aromatic nitrogens is 2. The standard InChI is InChI=1S/C9H13ClN2O3S/c10-4-1-2-8-11-9(12-15-8)7-3-5-16(13,14)6-7/h7H,1-6H2. The van der Waals surface area contributed by atoms with E-state index in [1.54, 1.807) is 0 Å². The van der Waals surface area contributed by atoms with Crippen LogP contribution < -0.4 is 0 Å². The van der Waals surface area contributed by atoms with Gasteiger partial charge >= 0.3 is 0 Å². The summed E-state index contributed by atoms with van der Waals surface area (Å²) in [5.74, 6) is 1.88. The molecule has 0 radical (unpaired) electrons. The SMILES string of the molecule is O=S1(=O)CCC(c2noc(CCCCl)n2)C1. The molecule has 2 rings (SSSR count). The number of sulfone groups is 1. The molecule has 7 heteroatoms. The first-order valence-electron chi connectivity index (χ1n) is 5.19. The average molecular weight is 265 g/mol. The number of halogens is 1. The number of nitrogens with zero attached hydrogens (tertiary/aromatic N) is 2. The minimum absolute atomic E-state index is 0.0986. The van der Waals surface area contributed by atoms with E-state index >= 15 is 0 Å². The summed E-state index contributed by atoms with van der Waals surface area (Å²) in [6.07, 6.45) is 2.03. The molecular formula is C9H13ClN2O3S. The van der Waals surface area contributed by atoms with Crippen LogP contribution >= 0.6 is 11.6 Å². The summed E-state index contributed by atoms with van der Waals surface area (Å²) in [5.41, 5.74) is 0. The molecule has 0 spiro atoms. The van der Waals surface area contributed by atoms with Crippen molar-refractivity contribution in [2.45, 2.75) is 25.2 Å². The molecule has 1 fully saturated rings. The Morgan fingerprint density at radius 3 is 2.94 bits per heavy atom. The van der Waals surface area contributed by atoms with Gasteiger partial charge in [-0.15, -0.1) is 11.6 Å². The Morgan fingerprint density at radius 2 is 2.31 bits per heavy atom. The maximum absolute atomic E-state index is 11.3. The van der Waals surface area contributed by atoms with Crippen molar-refractivity contribution in [2.24, 2.45) is 0 Å². The number of aryl methyl sites for hydroxylation is 1. The molecule has 2 heterocycles. The van der Waals surface area contributed by atoms with Crippen LogP contribution in [0.4, 0.5) is 0 Å². The molecule has 1 aromatic heterocycles. The molecule has 16 heavy (non-hydrogen) atoms. The monoisotopic (exact) mass is 264 g/mol. The molecule has 0 saturated carbocycles. The largest absolute Gasteiger partial charge is 0.339 e. The molecule has 1 aliphatic rings. The van der Waals surface area contributed by atoms with Gasteiger partial charge in [-0.05, 0) is 12.8 Å². The normalized spacial score (nSPS) is 23.7.